The van der Waals surface area contributed by atoms with E-state index >= 15 is 0 Å². The Balaban J connectivity index is 1.96. The Kier molecular flexibility index (Phi) is 6.27. The predicted molar refractivity (Wildman–Crippen MR) is 98.5 cm³/mol. The zero-order valence-electron chi connectivity index (χ0n) is 15.6. The lowest BCUT2D eigenvalue weighted by atomic mass is 10.1. The van der Waals surface area contributed by atoms with Crippen LogP contribution in [0.4, 0.5) is 19.0 Å². The van der Waals surface area contributed by atoms with Gasteiger partial charge < -0.3 is 15.2 Å². The number of esters is 1. The summed E-state index contributed by atoms with van der Waals surface area (Å²) in [7, 11) is 0. The molecule has 0 saturated heterocycles. The SMILES string of the molecule is CC(C)(C)OC(=O)c1ccc(N=CC=C(N)OCC2(C(F)(F)F)CC2)nc1Cl. The third-order valence-corrected chi connectivity index (χ3v) is 4.16. The average molecular weight is 420 g/mol. The number of aromatic nitrogens is 1. The van der Waals surface area contributed by atoms with Crippen molar-refractivity contribution in [3.63, 3.8) is 0 Å². The Bertz CT molecular complexity index is 797. The number of nitrogens with two attached hydrogens (primary N) is 1. The largest absolute Gasteiger partial charge is 0.478 e. The molecule has 0 radical (unpaired) electrons. The maximum Gasteiger partial charge on any atom is 0.397 e. The molecular weight excluding hydrogens is 399 g/mol. The van der Waals surface area contributed by atoms with Gasteiger partial charge in [0.2, 0.25) is 0 Å². The minimum Gasteiger partial charge on any atom is -0.478 e. The lowest BCUT2D eigenvalue weighted by Crippen LogP contribution is -2.29. The van der Waals surface area contributed by atoms with Gasteiger partial charge in [-0.1, -0.05) is 11.6 Å². The minimum absolute atomic E-state index is 0.0320. The summed E-state index contributed by atoms with van der Waals surface area (Å²) < 4.78 is 48.6. The van der Waals surface area contributed by atoms with Crippen LogP contribution in [0.25, 0.3) is 0 Å². The molecule has 0 aliphatic heterocycles. The van der Waals surface area contributed by atoms with Gasteiger partial charge in [0.05, 0.1) is 5.56 Å². The summed E-state index contributed by atoms with van der Waals surface area (Å²) in [5, 5.41) is -0.0852. The first kappa shape index (κ1) is 22.0. The summed E-state index contributed by atoms with van der Waals surface area (Å²) >= 11 is 5.99. The Morgan fingerprint density at radius 3 is 2.50 bits per heavy atom. The molecule has 2 N–H and O–H groups in total. The van der Waals surface area contributed by atoms with Crippen molar-refractivity contribution in [3.8, 4) is 0 Å². The fourth-order valence-electron chi connectivity index (χ4n) is 2.10. The van der Waals surface area contributed by atoms with Gasteiger partial charge >= 0.3 is 12.1 Å². The lowest BCUT2D eigenvalue weighted by Gasteiger charge is -2.19. The molecule has 2 rings (SSSR count). The number of halogens is 4. The molecule has 1 aliphatic carbocycles. The average Bonchev–Trinajstić information content (AvgIpc) is 3.32. The molecule has 0 unspecified atom stereocenters. The monoisotopic (exact) mass is 419 g/mol. The fourth-order valence-corrected chi connectivity index (χ4v) is 2.33. The van der Waals surface area contributed by atoms with E-state index in [4.69, 9.17) is 26.8 Å². The van der Waals surface area contributed by atoms with Crippen LogP contribution in [-0.4, -0.2) is 35.6 Å². The first-order chi connectivity index (χ1) is 12.8. The number of hydrogen-bond donors (Lipinski definition) is 1. The van der Waals surface area contributed by atoms with Crippen molar-refractivity contribution in [1.29, 1.82) is 0 Å². The van der Waals surface area contributed by atoms with E-state index < -0.39 is 29.8 Å². The Hall–Kier alpha value is -2.29. The van der Waals surface area contributed by atoms with Crippen molar-refractivity contribution in [2.24, 2.45) is 16.1 Å². The number of alkyl halides is 3. The highest BCUT2D eigenvalue weighted by Gasteiger charge is 2.63. The highest BCUT2D eigenvalue weighted by molar-refractivity contribution is 6.32. The number of carbonyl (C=O) groups excluding carboxylic acids is 1. The molecule has 0 aromatic carbocycles. The van der Waals surface area contributed by atoms with Gasteiger partial charge in [-0.25, -0.2) is 14.8 Å². The van der Waals surface area contributed by atoms with E-state index in [0.717, 1.165) is 0 Å². The summed E-state index contributed by atoms with van der Waals surface area (Å²) in [5.74, 6) is -0.636. The lowest BCUT2D eigenvalue weighted by molar-refractivity contribution is -0.198. The molecule has 0 atom stereocenters. The Labute approximate surface area is 165 Å². The molecule has 0 bridgehead atoms. The van der Waals surface area contributed by atoms with Crippen molar-refractivity contribution in [3.05, 3.63) is 34.8 Å². The molecular formula is C18H21ClF3N3O3. The van der Waals surface area contributed by atoms with Crippen molar-refractivity contribution in [1.82, 2.24) is 4.98 Å². The number of ether oxygens (including phenoxy) is 2. The number of rotatable bonds is 6. The van der Waals surface area contributed by atoms with E-state index in [9.17, 15) is 18.0 Å². The van der Waals surface area contributed by atoms with E-state index in [1.807, 2.05) is 0 Å². The molecule has 1 aliphatic rings. The molecule has 10 heteroatoms. The van der Waals surface area contributed by atoms with Crippen LogP contribution in [0.2, 0.25) is 5.15 Å². The molecule has 1 aromatic rings. The van der Waals surface area contributed by atoms with Crippen molar-refractivity contribution in [2.45, 2.75) is 45.4 Å². The van der Waals surface area contributed by atoms with Gasteiger partial charge in [0.1, 0.15) is 22.8 Å². The first-order valence-corrected chi connectivity index (χ1v) is 8.80. The molecule has 1 heterocycles. The van der Waals surface area contributed by atoms with Crippen molar-refractivity contribution < 1.29 is 27.4 Å². The molecule has 1 fully saturated rings. The van der Waals surface area contributed by atoms with Gasteiger partial charge in [0.25, 0.3) is 0 Å². The van der Waals surface area contributed by atoms with Crippen molar-refractivity contribution >= 4 is 29.6 Å². The Morgan fingerprint density at radius 2 is 2.00 bits per heavy atom. The first-order valence-electron chi connectivity index (χ1n) is 8.42. The summed E-state index contributed by atoms with van der Waals surface area (Å²) in [6.07, 6.45) is -1.81. The van der Waals surface area contributed by atoms with Gasteiger partial charge in [0, 0.05) is 12.3 Å². The number of nitrogens with zero attached hydrogens (tertiary/aromatic N) is 2. The highest BCUT2D eigenvalue weighted by Crippen LogP contribution is 2.57. The van der Waals surface area contributed by atoms with E-state index in [2.05, 4.69) is 9.98 Å². The third kappa shape index (κ3) is 5.85. The fraction of sp³-hybridized carbons (Fsp3) is 0.500. The van der Waals surface area contributed by atoms with Gasteiger partial charge in [-0.15, -0.1) is 0 Å². The molecule has 1 saturated carbocycles. The minimum atomic E-state index is -4.31. The molecule has 1 aromatic heterocycles. The highest BCUT2D eigenvalue weighted by atomic mass is 35.5. The summed E-state index contributed by atoms with van der Waals surface area (Å²) in [5.41, 5.74) is 3.16. The number of pyridine rings is 1. The van der Waals surface area contributed by atoms with Crippen LogP contribution < -0.4 is 5.73 Å². The maximum atomic E-state index is 12.8. The van der Waals surface area contributed by atoms with Gasteiger partial charge in [0.15, 0.2) is 11.7 Å². The van der Waals surface area contributed by atoms with E-state index in [1.54, 1.807) is 20.8 Å². The number of carbonyl (C=O) groups is 1. The Morgan fingerprint density at radius 1 is 1.36 bits per heavy atom. The molecule has 154 valence electrons. The zero-order chi connectivity index (χ0) is 21.2. The van der Waals surface area contributed by atoms with Crippen LogP contribution >= 0.6 is 11.6 Å². The second kappa shape index (κ2) is 7.98. The summed E-state index contributed by atoms with van der Waals surface area (Å²) in [6, 6.07) is 2.86. The summed E-state index contributed by atoms with van der Waals surface area (Å²) in [4.78, 5) is 19.9. The third-order valence-electron chi connectivity index (χ3n) is 3.87. The van der Waals surface area contributed by atoms with Gasteiger partial charge in [-0.3, -0.25) is 0 Å². The van der Waals surface area contributed by atoms with E-state index in [0.29, 0.717) is 0 Å². The number of hydrogen-bond acceptors (Lipinski definition) is 6. The van der Waals surface area contributed by atoms with Crippen LogP contribution in [0.15, 0.2) is 29.1 Å². The smallest absolute Gasteiger partial charge is 0.397 e. The topological polar surface area (TPSA) is 86.8 Å². The van der Waals surface area contributed by atoms with Gasteiger partial charge in [-0.05, 0) is 45.7 Å². The van der Waals surface area contributed by atoms with Crippen LogP contribution in [0.3, 0.4) is 0 Å². The molecule has 28 heavy (non-hydrogen) atoms. The second-order valence-corrected chi connectivity index (χ2v) is 7.78. The number of allylic oxidation sites excluding steroid dienone is 1. The van der Waals surface area contributed by atoms with Crippen LogP contribution in [0, 0.1) is 5.41 Å². The predicted octanol–water partition coefficient (Wildman–Crippen LogP) is 4.55. The van der Waals surface area contributed by atoms with Crippen molar-refractivity contribution in [2.75, 3.05) is 6.61 Å². The van der Waals surface area contributed by atoms with E-state index in [1.165, 1.54) is 24.4 Å². The standard InChI is InChI=1S/C18H21ClF3N3O3/c1-16(2,3)28-15(26)11-4-5-13(25-14(11)19)24-9-6-12(23)27-10-17(7-8-17)18(20,21)22/h4-6,9H,7-8,10,23H2,1-3H3. The quantitative estimate of drug-likeness (QED) is 0.316. The van der Waals surface area contributed by atoms with E-state index in [-0.39, 0.29) is 35.3 Å². The second-order valence-electron chi connectivity index (χ2n) is 7.42. The summed E-state index contributed by atoms with van der Waals surface area (Å²) in [6.45, 7) is 4.65. The van der Waals surface area contributed by atoms with Gasteiger partial charge in [-0.2, -0.15) is 13.2 Å². The zero-order valence-corrected chi connectivity index (χ0v) is 16.4. The number of aliphatic imine (C=N–C) groups is 1. The normalized spacial score (nSPS) is 16.9. The molecule has 6 nitrogen and oxygen atoms in total. The maximum absolute atomic E-state index is 12.8. The molecule has 0 spiro atoms. The van der Waals surface area contributed by atoms with Crippen LogP contribution in [0.1, 0.15) is 44.0 Å². The molecule has 0 amide bonds. The van der Waals surface area contributed by atoms with Crippen LogP contribution in [0.5, 0.6) is 0 Å². The van der Waals surface area contributed by atoms with Crippen LogP contribution in [-0.2, 0) is 9.47 Å².